The Kier molecular flexibility index (Phi) is 10.7. The number of aliphatic hydroxyl groups is 1. The van der Waals surface area contributed by atoms with Crippen molar-refractivity contribution < 1.29 is 29.1 Å². The van der Waals surface area contributed by atoms with E-state index in [-0.39, 0.29) is 23.7 Å². The number of hydrogen-bond donors (Lipinski definition) is 2. The maximum Gasteiger partial charge on any atom is 0.335 e. The number of nitrogens with zero attached hydrogens (tertiary/aromatic N) is 2. The smallest absolute Gasteiger partial charge is 0.335 e. The molecule has 39 heavy (non-hydrogen) atoms. The van der Waals surface area contributed by atoms with Crippen LogP contribution in [-0.2, 0) is 4.74 Å². The molecule has 0 bridgehead atoms. The molecule has 4 rings (SSSR count). The van der Waals surface area contributed by atoms with Crippen LogP contribution in [0.2, 0.25) is 0 Å². The van der Waals surface area contributed by atoms with Gasteiger partial charge in [0.2, 0.25) is 0 Å². The van der Waals surface area contributed by atoms with Crippen molar-refractivity contribution in [2.75, 3.05) is 26.2 Å². The molecule has 2 unspecified atom stereocenters. The van der Waals surface area contributed by atoms with Gasteiger partial charge < -0.3 is 19.8 Å². The Hall–Kier alpha value is -3.66. The second kappa shape index (κ2) is 13.9. The zero-order valence-corrected chi connectivity index (χ0v) is 22.5. The number of hydrogen-bond acceptors (Lipinski definition) is 6. The van der Waals surface area contributed by atoms with Crippen LogP contribution in [0.5, 0.6) is 0 Å². The van der Waals surface area contributed by atoms with Gasteiger partial charge >= 0.3 is 5.97 Å². The fraction of sp³-hybridized carbons (Fsp3) is 0.367. The number of nitro groups is 1. The summed E-state index contributed by atoms with van der Waals surface area (Å²) in [5.74, 6) is -1.34. The average molecular weight is 539 g/mol. The molecule has 0 radical (unpaired) electrons. The predicted molar refractivity (Wildman–Crippen MR) is 147 cm³/mol. The summed E-state index contributed by atoms with van der Waals surface area (Å²) < 4.78 is 18.5. The van der Waals surface area contributed by atoms with Gasteiger partial charge in [0, 0.05) is 12.6 Å². The molecule has 1 fully saturated rings. The summed E-state index contributed by atoms with van der Waals surface area (Å²) in [6.45, 7) is 8.18. The molecule has 3 aromatic carbocycles. The quantitative estimate of drug-likeness (QED) is 0.256. The van der Waals surface area contributed by atoms with Crippen LogP contribution >= 0.6 is 0 Å². The van der Waals surface area contributed by atoms with Crippen molar-refractivity contribution in [1.82, 2.24) is 4.90 Å². The van der Waals surface area contributed by atoms with Crippen LogP contribution in [0.25, 0.3) is 11.1 Å². The third-order valence-electron chi connectivity index (χ3n) is 6.66. The maximum atomic E-state index is 12.6. The molecule has 1 aliphatic heterocycles. The Morgan fingerprint density at radius 3 is 2.38 bits per heavy atom. The highest BCUT2D eigenvalue weighted by Crippen LogP contribution is 2.36. The molecule has 1 heterocycles. The normalized spacial score (nSPS) is 14.8. The Morgan fingerprint density at radius 2 is 1.77 bits per heavy atom. The number of aromatic carboxylic acids is 1. The van der Waals surface area contributed by atoms with Crippen LogP contribution in [0.15, 0.2) is 60.7 Å². The van der Waals surface area contributed by atoms with Crippen LogP contribution in [-0.4, -0.2) is 58.4 Å². The van der Waals surface area contributed by atoms with E-state index >= 15 is 0 Å². The number of carboxylic acids is 1. The zero-order chi connectivity index (χ0) is 28.5. The first-order chi connectivity index (χ1) is 18.6. The molecule has 208 valence electrons. The van der Waals surface area contributed by atoms with Gasteiger partial charge in [0.1, 0.15) is 5.82 Å². The Labute approximate surface area is 227 Å². The Morgan fingerprint density at radius 1 is 1.08 bits per heavy atom. The summed E-state index contributed by atoms with van der Waals surface area (Å²) in [7, 11) is 0. The van der Waals surface area contributed by atoms with Crippen molar-refractivity contribution in [3.63, 3.8) is 0 Å². The molecular weight excluding hydrogens is 503 g/mol. The average Bonchev–Trinajstić information content (AvgIpc) is 3.42. The minimum atomic E-state index is -1.22. The number of halogens is 1. The topological polar surface area (TPSA) is 113 Å². The van der Waals surface area contributed by atoms with Gasteiger partial charge in [-0.2, -0.15) is 0 Å². The third kappa shape index (κ3) is 8.41. The fourth-order valence-electron chi connectivity index (χ4n) is 4.50. The van der Waals surface area contributed by atoms with Crippen molar-refractivity contribution in [3.8, 4) is 11.1 Å². The molecule has 8 nitrogen and oxygen atoms in total. The summed E-state index contributed by atoms with van der Waals surface area (Å²) in [5.41, 5.74) is 2.92. The van der Waals surface area contributed by atoms with Gasteiger partial charge in [-0.15, -0.1) is 0 Å². The number of rotatable bonds is 9. The molecule has 3 aromatic rings. The lowest BCUT2D eigenvalue weighted by Crippen LogP contribution is -2.33. The molecule has 1 saturated heterocycles. The van der Waals surface area contributed by atoms with E-state index < -0.39 is 23.1 Å². The number of ether oxygens (including phenoxy) is 1. The van der Waals surface area contributed by atoms with E-state index in [0.717, 1.165) is 43.1 Å². The standard InChI is InChI=1S/C22H26N2O6.C8H9F/c1-15(30-14-17(25)13-23-10-4-5-11-23)18-6-2-3-7-19(18)20-9-8-16(22(26)27)12-21(20)24(28)29;1-6-3-4-7(2)8(9)5-6/h2-3,6-9,12,15,17,25H,4-5,10-11,13-14H2,1H3,(H,26,27);3-5H,1-2H3. The Balaban J connectivity index is 0.000000395. The highest BCUT2D eigenvalue weighted by atomic mass is 19.1. The lowest BCUT2D eigenvalue weighted by molar-refractivity contribution is -0.384. The molecule has 9 heteroatoms. The number of carboxylic acid groups (broad SMARTS) is 1. The number of β-amino-alcohol motifs (C(OH)–C–C–N with tert-alkyl or cyclic N) is 1. The fourth-order valence-corrected chi connectivity index (χ4v) is 4.50. The van der Waals surface area contributed by atoms with Crippen LogP contribution in [0.3, 0.4) is 0 Å². The van der Waals surface area contributed by atoms with Crippen LogP contribution < -0.4 is 0 Å². The zero-order valence-electron chi connectivity index (χ0n) is 22.5. The molecular formula is C30H35FN2O6. The second-order valence-corrected chi connectivity index (χ2v) is 9.77. The van der Waals surface area contributed by atoms with Crippen molar-refractivity contribution in [2.45, 2.75) is 45.8 Å². The molecule has 0 aliphatic carbocycles. The predicted octanol–water partition coefficient (Wildman–Crippen LogP) is 5.94. The summed E-state index contributed by atoms with van der Waals surface area (Å²) in [6, 6.07) is 16.3. The Bertz CT molecular complexity index is 1290. The van der Waals surface area contributed by atoms with Crippen LogP contribution in [0.4, 0.5) is 10.1 Å². The van der Waals surface area contributed by atoms with Gasteiger partial charge in [-0.05, 0) is 87.2 Å². The second-order valence-electron chi connectivity index (χ2n) is 9.77. The molecule has 0 spiro atoms. The molecule has 0 aromatic heterocycles. The van der Waals surface area contributed by atoms with Crippen LogP contribution in [0.1, 0.15) is 52.9 Å². The first kappa shape index (κ1) is 29.9. The van der Waals surface area contributed by atoms with E-state index in [0.29, 0.717) is 23.2 Å². The van der Waals surface area contributed by atoms with Gasteiger partial charge in [-0.1, -0.05) is 36.4 Å². The minimum absolute atomic E-state index is 0.116. The van der Waals surface area contributed by atoms with Crippen LogP contribution in [0, 0.1) is 29.8 Å². The molecule has 2 N–H and O–H groups in total. The monoisotopic (exact) mass is 538 g/mol. The van der Waals surface area contributed by atoms with Crippen molar-refractivity contribution in [2.24, 2.45) is 0 Å². The lowest BCUT2D eigenvalue weighted by atomic mass is 9.94. The van der Waals surface area contributed by atoms with E-state index in [1.54, 1.807) is 25.1 Å². The number of aliphatic hydroxyl groups excluding tert-OH is 1. The van der Waals surface area contributed by atoms with E-state index in [4.69, 9.17) is 9.84 Å². The molecule has 2 atom stereocenters. The number of nitro benzene ring substituents is 1. The highest BCUT2D eigenvalue weighted by Gasteiger charge is 2.23. The van der Waals surface area contributed by atoms with Gasteiger partial charge in [0.15, 0.2) is 0 Å². The summed E-state index contributed by atoms with van der Waals surface area (Å²) >= 11 is 0. The molecule has 0 amide bonds. The van der Waals surface area contributed by atoms with Gasteiger partial charge in [-0.3, -0.25) is 10.1 Å². The van der Waals surface area contributed by atoms with Gasteiger partial charge in [-0.25, -0.2) is 9.18 Å². The van der Waals surface area contributed by atoms with Crippen molar-refractivity contribution >= 4 is 11.7 Å². The van der Waals surface area contributed by atoms with Crippen molar-refractivity contribution in [1.29, 1.82) is 0 Å². The number of likely N-dealkylation sites (tertiary alicyclic amines) is 1. The summed E-state index contributed by atoms with van der Waals surface area (Å²) in [5, 5.41) is 31.0. The van der Waals surface area contributed by atoms with Gasteiger partial charge in [0.05, 0.1) is 34.9 Å². The summed E-state index contributed by atoms with van der Waals surface area (Å²) in [6.07, 6.45) is 1.28. The number of aryl methyl sites for hydroxylation is 2. The highest BCUT2D eigenvalue weighted by molar-refractivity contribution is 5.90. The van der Waals surface area contributed by atoms with Crippen molar-refractivity contribution in [3.05, 3.63) is 98.8 Å². The third-order valence-corrected chi connectivity index (χ3v) is 6.66. The lowest BCUT2D eigenvalue weighted by Gasteiger charge is -2.22. The maximum absolute atomic E-state index is 12.6. The number of carbonyl (C=O) groups is 1. The number of benzene rings is 3. The van der Waals surface area contributed by atoms with E-state index in [1.165, 1.54) is 18.2 Å². The van der Waals surface area contributed by atoms with E-state index in [2.05, 4.69) is 4.90 Å². The van der Waals surface area contributed by atoms with Gasteiger partial charge in [0.25, 0.3) is 5.69 Å². The van der Waals surface area contributed by atoms with E-state index in [9.17, 15) is 24.4 Å². The van der Waals surface area contributed by atoms with E-state index in [1.807, 2.05) is 32.0 Å². The molecule has 1 aliphatic rings. The molecule has 0 saturated carbocycles. The summed E-state index contributed by atoms with van der Waals surface area (Å²) in [4.78, 5) is 24.4. The first-order valence-electron chi connectivity index (χ1n) is 12.9. The minimum Gasteiger partial charge on any atom is -0.478 e. The first-order valence-corrected chi connectivity index (χ1v) is 12.9. The largest absolute Gasteiger partial charge is 0.478 e. The SMILES string of the molecule is CC(OCC(O)CN1CCCC1)c1ccccc1-c1ccc(C(=O)O)cc1[N+](=O)[O-].Cc1ccc(C)c(F)c1.